The molecule has 110 valence electrons. The minimum absolute atomic E-state index is 0.0771. The molecule has 1 heterocycles. The molecule has 2 unspecified atom stereocenters. The maximum Gasteiger partial charge on any atom is 0.306 e. The van der Waals surface area contributed by atoms with Crippen molar-refractivity contribution in [1.82, 2.24) is 4.90 Å². The Labute approximate surface area is 117 Å². The molecule has 2 atom stereocenters. The van der Waals surface area contributed by atoms with E-state index in [1.807, 2.05) is 11.8 Å². The molecular formula is C15H19F2NO2. The summed E-state index contributed by atoms with van der Waals surface area (Å²) in [5.41, 5.74) is 0.619. The van der Waals surface area contributed by atoms with Crippen LogP contribution in [0, 0.1) is 30.4 Å². The third kappa shape index (κ3) is 2.68. The zero-order chi connectivity index (χ0) is 15.0. The summed E-state index contributed by atoms with van der Waals surface area (Å²) in [6.07, 6.45) is 0. The van der Waals surface area contributed by atoms with Crippen LogP contribution in [0.2, 0.25) is 0 Å². The summed E-state index contributed by atoms with van der Waals surface area (Å²) < 4.78 is 27.5. The second-order valence-corrected chi connectivity index (χ2v) is 5.64. The Morgan fingerprint density at radius 3 is 2.45 bits per heavy atom. The summed E-state index contributed by atoms with van der Waals surface area (Å²) in [6.45, 7) is 6.23. The molecule has 0 aromatic heterocycles. The van der Waals surface area contributed by atoms with Gasteiger partial charge in [0.25, 0.3) is 0 Å². The molecule has 0 saturated carbocycles. The van der Waals surface area contributed by atoms with Crippen LogP contribution in [-0.4, -0.2) is 29.1 Å². The smallest absolute Gasteiger partial charge is 0.306 e. The van der Waals surface area contributed by atoms with Crippen molar-refractivity contribution in [2.24, 2.45) is 11.8 Å². The van der Waals surface area contributed by atoms with E-state index < -0.39 is 23.5 Å². The SMILES string of the molecule is Cc1cc(F)c(C(C)N2CC(C(C)C(=O)O)C2)cc1F. The lowest BCUT2D eigenvalue weighted by Gasteiger charge is -2.45. The van der Waals surface area contributed by atoms with E-state index in [2.05, 4.69) is 0 Å². The predicted octanol–water partition coefficient (Wildman–Crippen LogP) is 2.99. The molecule has 0 radical (unpaired) electrons. The molecule has 2 rings (SSSR count). The van der Waals surface area contributed by atoms with E-state index in [4.69, 9.17) is 5.11 Å². The summed E-state index contributed by atoms with van der Waals surface area (Å²) in [4.78, 5) is 12.9. The number of hydrogen-bond acceptors (Lipinski definition) is 2. The Hall–Kier alpha value is -1.49. The highest BCUT2D eigenvalue weighted by atomic mass is 19.1. The van der Waals surface area contributed by atoms with Crippen LogP contribution in [-0.2, 0) is 4.79 Å². The van der Waals surface area contributed by atoms with E-state index in [0.29, 0.717) is 24.2 Å². The topological polar surface area (TPSA) is 40.5 Å². The number of aryl methyl sites for hydroxylation is 1. The monoisotopic (exact) mass is 283 g/mol. The lowest BCUT2D eigenvalue weighted by molar-refractivity contribution is -0.146. The van der Waals surface area contributed by atoms with Crippen molar-refractivity contribution in [3.63, 3.8) is 0 Å². The molecule has 0 spiro atoms. The fraction of sp³-hybridized carbons (Fsp3) is 0.533. The molecule has 1 aromatic rings. The number of carboxylic acid groups (broad SMARTS) is 1. The van der Waals surface area contributed by atoms with Gasteiger partial charge in [0.05, 0.1) is 5.92 Å². The van der Waals surface area contributed by atoms with Crippen LogP contribution in [0.15, 0.2) is 12.1 Å². The van der Waals surface area contributed by atoms with Crippen molar-refractivity contribution in [2.75, 3.05) is 13.1 Å². The van der Waals surface area contributed by atoms with Gasteiger partial charge in [0.2, 0.25) is 0 Å². The van der Waals surface area contributed by atoms with Crippen LogP contribution >= 0.6 is 0 Å². The number of benzene rings is 1. The fourth-order valence-corrected chi connectivity index (χ4v) is 2.56. The average molecular weight is 283 g/mol. The van der Waals surface area contributed by atoms with Gasteiger partial charge >= 0.3 is 5.97 Å². The molecule has 3 nitrogen and oxygen atoms in total. The lowest BCUT2D eigenvalue weighted by atomic mass is 9.85. The summed E-state index contributed by atoms with van der Waals surface area (Å²) in [6, 6.07) is 2.20. The first-order chi connectivity index (χ1) is 9.31. The maximum atomic E-state index is 13.9. The Kier molecular flexibility index (Phi) is 4.09. The predicted molar refractivity (Wildman–Crippen MR) is 71.4 cm³/mol. The molecular weight excluding hydrogens is 264 g/mol. The Bertz CT molecular complexity index is 527. The van der Waals surface area contributed by atoms with Crippen molar-refractivity contribution in [3.8, 4) is 0 Å². The summed E-state index contributed by atoms with van der Waals surface area (Å²) in [7, 11) is 0. The Morgan fingerprint density at radius 1 is 1.30 bits per heavy atom. The fourth-order valence-electron chi connectivity index (χ4n) is 2.56. The number of carbonyl (C=O) groups is 1. The van der Waals surface area contributed by atoms with Gasteiger partial charge in [-0.1, -0.05) is 6.92 Å². The normalized spacial score (nSPS) is 19.4. The van der Waals surface area contributed by atoms with Crippen LogP contribution in [0.1, 0.15) is 31.0 Å². The van der Waals surface area contributed by atoms with Gasteiger partial charge < -0.3 is 5.11 Å². The van der Waals surface area contributed by atoms with Gasteiger partial charge in [-0.3, -0.25) is 9.69 Å². The highest BCUT2D eigenvalue weighted by molar-refractivity contribution is 5.70. The average Bonchev–Trinajstić information content (AvgIpc) is 2.31. The zero-order valence-electron chi connectivity index (χ0n) is 11.9. The van der Waals surface area contributed by atoms with Gasteiger partial charge in [-0.25, -0.2) is 8.78 Å². The molecule has 1 saturated heterocycles. The molecule has 0 bridgehead atoms. The third-order valence-corrected chi connectivity index (χ3v) is 4.31. The third-order valence-electron chi connectivity index (χ3n) is 4.31. The minimum atomic E-state index is -0.810. The zero-order valence-corrected chi connectivity index (χ0v) is 11.9. The van der Waals surface area contributed by atoms with Gasteiger partial charge in [-0.2, -0.15) is 0 Å². The van der Waals surface area contributed by atoms with E-state index in [1.165, 1.54) is 19.1 Å². The number of likely N-dealkylation sites (tertiary alicyclic amines) is 1. The molecule has 5 heteroatoms. The Balaban J connectivity index is 2.06. The number of aliphatic carboxylic acids is 1. The van der Waals surface area contributed by atoms with Gasteiger partial charge in [0.15, 0.2) is 0 Å². The van der Waals surface area contributed by atoms with Crippen molar-refractivity contribution >= 4 is 5.97 Å². The second-order valence-electron chi connectivity index (χ2n) is 5.64. The first-order valence-electron chi connectivity index (χ1n) is 6.73. The van der Waals surface area contributed by atoms with Crippen LogP contribution < -0.4 is 0 Å². The van der Waals surface area contributed by atoms with E-state index in [-0.39, 0.29) is 12.0 Å². The molecule has 1 aromatic carbocycles. The number of nitrogens with zero attached hydrogens (tertiary/aromatic N) is 1. The highest BCUT2D eigenvalue weighted by Gasteiger charge is 2.37. The van der Waals surface area contributed by atoms with Crippen molar-refractivity contribution in [3.05, 3.63) is 34.9 Å². The van der Waals surface area contributed by atoms with Gasteiger partial charge in [0.1, 0.15) is 11.6 Å². The van der Waals surface area contributed by atoms with Crippen molar-refractivity contribution < 1.29 is 18.7 Å². The standard InChI is InChI=1S/C15H19F2NO2/c1-8-4-14(17)12(5-13(8)16)10(3)18-6-11(7-18)9(2)15(19)20/h4-5,9-11H,6-7H2,1-3H3,(H,19,20). The van der Waals surface area contributed by atoms with E-state index in [9.17, 15) is 13.6 Å². The van der Waals surface area contributed by atoms with Crippen LogP contribution in [0.4, 0.5) is 8.78 Å². The molecule has 0 aliphatic carbocycles. The first-order valence-corrected chi connectivity index (χ1v) is 6.73. The first kappa shape index (κ1) is 14.9. The van der Waals surface area contributed by atoms with Crippen LogP contribution in [0.5, 0.6) is 0 Å². The quantitative estimate of drug-likeness (QED) is 0.923. The Morgan fingerprint density at radius 2 is 1.90 bits per heavy atom. The molecule has 1 aliphatic rings. The molecule has 20 heavy (non-hydrogen) atoms. The number of carboxylic acids is 1. The van der Waals surface area contributed by atoms with Gasteiger partial charge in [-0.15, -0.1) is 0 Å². The molecule has 1 fully saturated rings. The van der Waals surface area contributed by atoms with E-state index in [0.717, 1.165) is 0 Å². The number of halogens is 2. The molecule has 0 amide bonds. The van der Waals surface area contributed by atoms with Crippen molar-refractivity contribution in [2.45, 2.75) is 26.8 Å². The minimum Gasteiger partial charge on any atom is -0.481 e. The van der Waals surface area contributed by atoms with Crippen LogP contribution in [0.25, 0.3) is 0 Å². The summed E-state index contributed by atoms with van der Waals surface area (Å²) >= 11 is 0. The highest BCUT2D eigenvalue weighted by Crippen LogP contribution is 2.33. The largest absolute Gasteiger partial charge is 0.481 e. The number of rotatable bonds is 4. The van der Waals surface area contributed by atoms with Crippen molar-refractivity contribution in [1.29, 1.82) is 0 Å². The molecule has 1 N–H and O–H groups in total. The van der Waals surface area contributed by atoms with Gasteiger partial charge in [-0.05, 0) is 37.5 Å². The van der Waals surface area contributed by atoms with E-state index in [1.54, 1.807) is 6.92 Å². The maximum absolute atomic E-state index is 13.9. The van der Waals surface area contributed by atoms with Crippen LogP contribution in [0.3, 0.4) is 0 Å². The summed E-state index contributed by atoms with van der Waals surface area (Å²) in [5.74, 6) is -1.96. The molecule has 1 aliphatic heterocycles. The lowest BCUT2D eigenvalue weighted by Crippen LogP contribution is -2.51. The number of hydrogen-bond donors (Lipinski definition) is 1. The van der Waals surface area contributed by atoms with Gasteiger partial charge in [0, 0.05) is 24.7 Å². The summed E-state index contributed by atoms with van der Waals surface area (Å²) in [5, 5.41) is 8.94. The second kappa shape index (κ2) is 5.48. The van der Waals surface area contributed by atoms with E-state index >= 15 is 0 Å².